The highest BCUT2D eigenvalue weighted by atomic mass is 16.7. The smallest absolute Gasteiger partial charge is 0.259 e. The first-order chi connectivity index (χ1) is 15.0. The van der Waals surface area contributed by atoms with Gasteiger partial charge in [-0.3, -0.25) is 9.78 Å². The van der Waals surface area contributed by atoms with E-state index in [1.165, 1.54) is 0 Å². The summed E-state index contributed by atoms with van der Waals surface area (Å²) < 4.78 is 22.4. The number of pyridine rings is 1. The number of methoxy groups -OCH3 is 2. The van der Waals surface area contributed by atoms with Crippen molar-refractivity contribution in [2.24, 2.45) is 5.92 Å². The third kappa shape index (κ3) is 5.42. The third-order valence-corrected chi connectivity index (χ3v) is 5.41. The highest BCUT2D eigenvalue weighted by Crippen LogP contribution is 2.41. The van der Waals surface area contributed by atoms with Crippen molar-refractivity contribution in [2.75, 3.05) is 27.7 Å². The van der Waals surface area contributed by atoms with E-state index in [1.54, 1.807) is 25.3 Å². The van der Waals surface area contributed by atoms with Crippen molar-refractivity contribution >= 4 is 5.91 Å². The van der Waals surface area contributed by atoms with E-state index in [0.29, 0.717) is 24.7 Å². The van der Waals surface area contributed by atoms with Crippen LogP contribution in [0.25, 0.3) is 0 Å². The Morgan fingerprint density at radius 2 is 1.90 bits per heavy atom. The molecule has 0 N–H and O–H groups in total. The van der Waals surface area contributed by atoms with Gasteiger partial charge in [0.2, 0.25) is 0 Å². The first-order valence-electron chi connectivity index (χ1n) is 10.5. The second kappa shape index (κ2) is 10.7. The zero-order valence-electron chi connectivity index (χ0n) is 18.7. The van der Waals surface area contributed by atoms with Crippen molar-refractivity contribution < 1.29 is 23.7 Å². The van der Waals surface area contributed by atoms with Gasteiger partial charge in [-0.05, 0) is 24.0 Å². The largest absolute Gasteiger partial charge is 0.489 e. The summed E-state index contributed by atoms with van der Waals surface area (Å²) in [6.45, 7) is 5.00. The number of ether oxygens (including phenoxy) is 4. The van der Waals surface area contributed by atoms with Crippen molar-refractivity contribution in [3.8, 4) is 5.75 Å². The fraction of sp³-hybridized carbons (Fsp3) is 0.500. The Bertz CT molecular complexity index is 845. The SMILES string of the molecule is COCO[C@]1(Cc2cc(OCc3ccccc3)ccn2)C(=O)N(COC)[C@H]1CC(C)C. The first-order valence-corrected chi connectivity index (χ1v) is 10.5. The lowest BCUT2D eigenvalue weighted by Gasteiger charge is -2.55. The van der Waals surface area contributed by atoms with Gasteiger partial charge in [0.25, 0.3) is 5.91 Å². The summed E-state index contributed by atoms with van der Waals surface area (Å²) in [7, 11) is 3.14. The normalized spacial score (nSPS) is 20.7. The molecule has 1 aromatic heterocycles. The van der Waals surface area contributed by atoms with Gasteiger partial charge >= 0.3 is 0 Å². The predicted octanol–water partition coefficient (Wildman–Crippen LogP) is 3.42. The van der Waals surface area contributed by atoms with Crippen LogP contribution in [0.15, 0.2) is 48.7 Å². The molecular weight excluding hydrogens is 396 g/mol. The molecule has 0 radical (unpaired) electrons. The molecule has 1 fully saturated rings. The molecule has 168 valence electrons. The zero-order valence-corrected chi connectivity index (χ0v) is 18.7. The zero-order chi connectivity index (χ0) is 22.3. The van der Waals surface area contributed by atoms with Crippen molar-refractivity contribution in [1.29, 1.82) is 0 Å². The van der Waals surface area contributed by atoms with Crippen molar-refractivity contribution in [3.63, 3.8) is 0 Å². The Morgan fingerprint density at radius 3 is 2.58 bits per heavy atom. The summed E-state index contributed by atoms with van der Waals surface area (Å²) in [6.07, 6.45) is 2.84. The van der Waals surface area contributed by atoms with Gasteiger partial charge in [0.05, 0.1) is 6.04 Å². The van der Waals surface area contributed by atoms with Gasteiger partial charge in [0.15, 0.2) is 5.60 Å². The second-order valence-electron chi connectivity index (χ2n) is 8.21. The summed E-state index contributed by atoms with van der Waals surface area (Å²) in [6, 6.07) is 13.6. The van der Waals surface area contributed by atoms with Crippen LogP contribution in [0.3, 0.4) is 0 Å². The fourth-order valence-corrected chi connectivity index (χ4v) is 3.98. The molecule has 7 heteroatoms. The molecule has 0 spiro atoms. The van der Waals surface area contributed by atoms with E-state index >= 15 is 0 Å². The number of rotatable bonds is 12. The Hall–Kier alpha value is -2.48. The number of likely N-dealkylation sites (tertiary alicyclic amines) is 1. The highest BCUT2D eigenvalue weighted by Gasteiger charge is 2.61. The van der Waals surface area contributed by atoms with Crippen LogP contribution < -0.4 is 4.74 Å². The molecule has 2 atom stereocenters. The lowest BCUT2D eigenvalue weighted by molar-refractivity contribution is -0.235. The summed E-state index contributed by atoms with van der Waals surface area (Å²) in [5.74, 6) is 0.989. The lowest BCUT2D eigenvalue weighted by atomic mass is 9.75. The van der Waals surface area contributed by atoms with Gasteiger partial charge in [-0.15, -0.1) is 0 Å². The van der Waals surface area contributed by atoms with E-state index in [2.05, 4.69) is 18.8 Å². The highest BCUT2D eigenvalue weighted by molar-refractivity contribution is 5.93. The maximum Gasteiger partial charge on any atom is 0.259 e. The first kappa shape index (κ1) is 23.2. The molecule has 3 rings (SSSR count). The Kier molecular flexibility index (Phi) is 8.01. The number of carbonyl (C=O) groups excluding carboxylic acids is 1. The number of amides is 1. The predicted molar refractivity (Wildman–Crippen MR) is 116 cm³/mol. The molecule has 2 aromatic rings. The Balaban J connectivity index is 1.79. The van der Waals surface area contributed by atoms with E-state index in [0.717, 1.165) is 17.7 Å². The molecule has 1 saturated heterocycles. The topological polar surface area (TPSA) is 70.1 Å². The summed E-state index contributed by atoms with van der Waals surface area (Å²) in [5, 5.41) is 0. The molecule has 2 heterocycles. The van der Waals surface area contributed by atoms with Crippen molar-refractivity contribution in [3.05, 3.63) is 59.9 Å². The molecule has 0 bridgehead atoms. The molecule has 0 saturated carbocycles. The fourth-order valence-electron chi connectivity index (χ4n) is 3.98. The second-order valence-corrected chi connectivity index (χ2v) is 8.21. The third-order valence-electron chi connectivity index (χ3n) is 5.41. The van der Waals surface area contributed by atoms with E-state index < -0.39 is 5.60 Å². The molecule has 0 aliphatic carbocycles. The van der Waals surface area contributed by atoms with Crippen molar-refractivity contribution in [1.82, 2.24) is 9.88 Å². The quantitative estimate of drug-likeness (QED) is 0.381. The number of hydrogen-bond donors (Lipinski definition) is 0. The number of nitrogens with zero attached hydrogens (tertiary/aromatic N) is 2. The van der Waals surface area contributed by atoms with Gasteiger partial charge in [0, 0.05) is 38.6 Å². The van der Waals surface area contributed by atoms with Crippen LogP contribution in [0.5, 0.6) is 5.75 Å². The molecule has 31 heavy (non-hydrogen) atoms. The molecule has 1 aliphatic heterocycles. The van der Waals surface area contributed by atoms with Crippen LogP contribution in [-0.4, -0.2) is 55.2 Å². The molecular formula is C24H32N2O5. The minimum atomic E-state index is -1.02. The van der Waals surface area contributed by atoms with Crippen LogP contribution in [0, 0.1) is 5.92 Å². The van der Waals surface area contributed by atoms with Gasteiger partial charge in [-0.25, -0.2) is 0 Å². The van der Waals surface area contributed by atoms with Crippen molar-refractivity contribution in [2.45, 2.75) is 44.9 Å². The summed E-state index contributed by atoms with van der Waals surface area (Å²) >= 11 is 0. The minimum absolute atomic E-state index is 0.0331. The van der Waals surface area contributed by atoms with Crippen LogP contribution in [0.1, 0.15) is 31.5 Å². The lowest BCUT2D eigenvalue weighted by Crippen LogP contribution is -2.76. The van der Waals surface area contributed by atoms with Crippen LogP contribution in [0.2, 0.25) is 0 Å². The summed E-state index contributed by atoms with van der Waals surface area (Å²) in [5.41, 5.74) is 0.798. The average Bonchev–Trinajstić information content (AvgIpc) is 2.78. The van der Waals surface area contributed by atoms with E-state index in [9.17, 15) is 4.79 Å². The molecule has 1 aliphatic rings. The maximum absolute atomic E-state index is 13.2. The number of β-lactam (4-membered cyclic amide) rings is 1. The molecule has 0 unspecified atom stereocenters. The standard InChI is InChI=1S/C24H32N2O5/c1-18(2)12-22-24(31-17-29-4,23(27)26(22)16-28-3)14-20-13-21(10-11-25-20)30-15-19-8-6-5-7-9-19/h5-11,13,18,22H,12,14-17H2,1-4H3/t22-,24-/m0/s1. The molecule has 1 aromatic carbocycles. The Labute approximate surface area is 184 Å². The summed E-state index contributed by atoms with van der Waals surface area (Å²) in [4.78, 5) is 19.4. The number of aromatic nitrogens is 1. The number of benzene rings is 1. The molecule has 7 nitrogen and oxygen atoms in total. The molecule has 1 amide bonds. The van der Waals surface area contributed by atoms with Gasteiger partial charge in [-0.2, -0.15) is 0 Å². The number of carbonyl (C=O) groups is 1. The number of hydrogen-bond acceptors (Lipinski definition) is 6. The van der Waals surface area contributed by atoms with Crippen LogP contribution >= 0.6 is 0 Å². The van der Waals surface area contributed by atoms with Gasteiger partial charge < -0.3 is 23.8 Å². The Morgan fingerprint density at radius 1 is 1.13 bits per heavy atom. The van der Waals surface area contributed by atoms with E-state index in [4.69, 9.17) is 18.9 Å². The van der Waals surface area contributed by atoms with Crippen LogP contribution in [0.4, 0.5) is 0 Å². The monoisotopic (exact) mass is 428 g/mol. The van der Waals surface area contributed by atoms with E-state index in [1.807, 2.05) is 42.5 Å². The van der Waals surface area contributed by atoms with Gasteiger partial charge in [-0.1, -0.05) is 44.2 Å². The van der Waals surface area contributed by atoms with E-state index in [-0.39, 0.29) is 25.5 Å². The minimum Gasteiger partial charge on any atom is -0.489 e. The average molecular weight is 429 g/mol. The van der Waals surface area contributed by atoms with Gasteiger partial charge in [0.1, 0.15) is 25.9 Å². The maximum atomic E-state index is 13.2. The van der Waals surface area contributed by atoms with Crippen LogP contribution in [-0.2, 0) is 32.0 Å².